The van der Waals surface area contributed by atoms with Crippen molar-refractivity contribution in [2.24, 2.45) is 5.92 Å². The topological polar surface area (TPSA) is 78.9 Å². The lowest BCUT2D eigenvalue weighted by atomic mass is 10.0. The first kappa shape index (κ1) is 58.4. The van der Waals surface area contributed by atoms with E-state index < -0.39 is 6.10 Å². The van der Waals surface area contributed by atoms with Gasteiger partial charge in [-0.05, 0) is 25.2 Å². The fraction of sp³-hybridized carbons (Fsp3) is 0.944. The largest absolute Gasteiger partial charge is 0.462 e. The number of unbranched alkanes of at least 4 members (excludes halogenated alkanes) is 36. The molecule has 0 aliphatic carbocycles. The number of hydrogen-bond donors (Lipinski definition) is 0. The average molecular weight is 849 g/mol. The molecule has 0 heterocycles. The van der Waals surface area contributed by atoms with Crippen molar-refractivity contribution >= 4 is 17.9 Å². The van der Waals surface area contributed by atoms with Gasteiger partial charge in [-0.15, -0.1) is 0 Å². The maximum atomic E-state index is 12.8. The highest BCUT2D eigenvalue weighted by Crippen LogP contribution is 2.17. The van der Waals surface area contributed by atoms with Crippen molar-refractivity contribution in [1.82, 2.24) is 0 Å². The fourth-order valence-electron chi connectivity index (χ4n) is 8.22. The molecule has 0 spiro atoms. The molecule has 6 nitrogen and oxygen atoms in total. The lowest BCUT2D eigenvalue weighted by molar-refractivity contribution is -0.167. The van der Waals surface area contributed by atoms with Crippen molar-refractivity contribution < 1.29 is 28.6 Å². The number of hydrogen-bond acceptors (Lipinski definition) is 6. The standard InChI is InChI=1S/C54H104O6/c1-5-7-9-11-13-15-17-20-25-29-33-37-41-45-52(55)58-48-51(60-54(57)47-43-39-35-31-27-21-18-16-14-12-10-8-6-2)49-59-53(56)46-42-38-34-30-26-23-19-22-24-28-32-36-40-44-50(3)4/h50-51H,5-49H2,1-4H3/t51-/m0/s1. The van der Waals surface area contributed by atoms with E-state index >= 15 is 0 Å². The third-order valence-electron chi connectivity index (χ3n) is 12.3. The van der Waals surface area contributed by atoms with Crippen molar-refractivity contribution in [3.8, 4) is 0 Å². The SMILES string of the molecule is CCCCCCCCCCCCCCCC(=O)OC[C@@H](COC(=O)CCCCCCCCCCCCCCCC(C)C)OC(=O)CCCCCCCCCCCCCCC. The van der Waals surface area contributed by atoms with Crippen molar-refractivity contribution in [1.29, 1.82) is 0 Å². The Kier molecular flexibility index (Phi) is 47.2. The Morgan fingerprint density at radius 1 is 0.317 bits per heavy atom. The van der Waals surface area contributed by atoms with Crippen molar-refractivity contribution in [2.45, 2.75) is 310 Å². The molecule has 0 fully saturated rings. The normalized spacial score (nSPS) is 11.9. The second kappa shape index (κ2) is 48.4. The van der Waals surface area contributed by atoms with E-state index in [0.717, 1.165) is 63.7 Å². The summed E-state index contributed by atoms with van der Waals surface area (Å²) in [6.45, 7) is 9.04. The molecule has 0 bridgehead atoms. The second-order valence-corrected chi connectivity index (χ2v) is 19.0. The maximum absolute atomic E-state index is 12.8. The van der Waals surface area contributed by atoms with Crippen LogP contribution in [-0.4, -0.2) is 37.2 Å². The highest BCUT2D eigenvalue weighted by Gasteiger charge is 2.19. The average Bonchev–Trinajstić information content (AvgIpc) is 3.23. The second-order valence-electron chi connectivity index (χ2n) is 19.0. The van der Waals surface area contributed by atoms with Crippen LogP contribution in [0.15, 0.2) is 0 Å². The molecule has 0 aliphatic rings. The highest BCUT2D eigenvalue weighted by molar-refractivity contribution is 5.71. The van der Waals surface area contributed by atoms with Gasteiger partial charge in [0.15, 0.2) is 6.10 Å². The van der Waals surface area contributed by atoms with Crippen LogP contribution in [0.4, 0.5) is 0 Å². The molecule has 1 atom stereocenters. The Hall–Kier alpha value is -1.59. The zero-order valence-corrected chi connectivity index (χ0v) is 40.9. The van der Waals surface area contributed by atoms with E-state index in [1.165, 1.54) is 199 Å². The van der Waals surface area contributed by atoms with E-state index in [0.29, 0.717) is 19.3 Å². The molecule has 0 rings (SSSR count). The molecule has 6 heteroatoms. The van der Waals surface area contributed by atoms with Crippen LogP contribution in [0.3, 0.4) is 0 Å². The van der Waals surface area contributed by atoms with Crippen LogP contribution in [0.5, 0.6) is 0 Å². The molecule has 356 valence electrons. The van der Waals surface area contributed by atoms with E-state index in [4.69, 9.17) is 14.2 Å². The predicted octanol–water partition coefficient (Wildman–Crippen LogP) is 17.5. The Balaban J connectivity index is 4.30. The Morgan fingerprint density at radius 3 is 0.817 bits per heavy atom. The van der Waals surface area contributed by atoms with Gasteiger partial charge in [0, 0.05) is 19.3 Å². The molecule has 0 radical (unpaired) electrons. The van der Waals surface area contributed by atoms with Gasteiger partial charge in [0.2, 0.25) is 0 Å². The van der Waals surface area contributed by atoms with E-state index in [2.05, 4.69) is 27.7 Å². The van der Waals surface area contributed by atoms with Crippen molar-refractivity contribution in [3.05, 3.63) is 0 Å². The van der Waals surface area contributed by atoms with Gasteiger partial charge in [0.1, 0.15) is 13.2 Å². The van der Waals surface area contributed by atoms with E-state index in [-0.39, 0.29) is 31.1 Å². The van der Waals surface area contributed by atoms with E-state index in [9.17, 15) is 14.4 Å². The first-order chi connectivity index (χ1) is 29.4. The van der Waals surface area contributed by atoms with Crippen LogP contribution in [-0.2, 0) is 28.6 Å². The molecule has 0 saturated heterocycles. The van der Waals surface area contributed by atoms with Gasteiger partial charge in [-0.1, -0.05) is 265 Å². The molecular weight excluding hydrogens is 745 g/mol. The molecule has 60 heavy (non-hydrogen) atoms. The zero-order valence-electron chi connectivity index (χ0n) is 40.9. The van der Waals surface area contributed by atoms with E-state index in [1.54, 1.807) is 0 Å². The molecule has 0 saturated carbocycles. The van der Waals surface area contributed by atoms with Gasteiger partial charge in [-0.25, -0.2) is 0 Å². The third-order valence-corrected chi connectivity index (χ3v) is 12.3. The number of ether oxygens (including phenoxy) is 3. The maximum Gasteiger partial charge on any atom is 0.306 e. The molecule has 0 aliphatic heterocycles. The summed E-state index contributed by atoms with van der Waals surface area (Å²) in [5.74, 6) is -0.000817. The van der Waals surface area contributed by atoms with Crippen LogP contribution >= 0.6 is 0 Å². The Bertz CT molecular complexity index is 903. The summed E-state index contributed by atoms with van der Waals surface area (Å²) in [5.41, 5.74) is 0. The minimum atomic E-state index is -0.760. The van der Waals surface area contributed by atoms with Gasteiger partial charge in [0.05, 0.1) is 0 Å². The molecule has 0 unspecified atom stereocenters. The van der Waals surface area contributed by atoms with Gasteiger partial charge in [-0.2, -0.15) is 0 Å². The number of esters is 3. The molecule has 0 aromatic heterocycles. The minimum Gasteiger partial charge on any atom is -0.462 e. The minimum absolute atomic E-state index is 0.0623. The zero-order chi connectivity index (χ0) is 43.8. The predicted molar refractivity (Wildman–Crippen MR) is 257 cm³/mol. The van der Waals surface area contributed by atoms with Gasteiger partial charge in [-0.3, -0.25) is 14.4 Å². The molecule has 0 amide bonds. The first-order valence-electron chi connectivity index (χ1n) is 26.9. The van der Waals surface area contributed by atoms with Gasteiger partial charge >= 0.3 is 17.9 Å². The van der Waals surface area contributed by atoms with E-state index in [1.807, 2.05) is 0 Å². The molecule has 0 aromatic rings. The monoisotopic (exact) mass is 849 g/mol. The lowest BCUT2D eigenvalue weighted by Gasteiger charge is -2.18. The smallest absolute Gasteiger partial charge is 0.306 e. The quantitative estimate of drug-likeness (QED) is 0.0345. The highest BCUT2D eigenvalue weighted by atomic mass is 16.6. The third kappa shape index (κ3) is 47.5. The molecular formula is C54H104O6. The fourth-order valence-corrected chi connectivity index (χ4v) is 8.22. The first-order valence-corrected chi connectivity index (χ1v) is 26.9. The molecule has 0 aromatic carbocycles. The summed E-state index contributed by atoms with van der Waals surface area (Å²) in [6.07, 6.45) is 50.8. The summed E-state index contributed by atoms with van der Waals surface area (Å²) >= 11 is 0. The Morgan fingerprint density at radius 2 is 0.550 bits per heavy atom. The van der Waals surface area contributed by atoms with Gasteiger partial charge in [0.25, 0.3) is 0 Å². The molecule has 0 N–H and O–H groups in total. The van der Waals surface area contributed by atoms with Crippen LogP contribution < -0.4 is 0 Å². The summed E-state index contributed by atoms with van der Waals surface area (Å²) in [5, 5.41) is 0. The van der Waals surface area contributed by atoms with Crippen LogP contribution in [0, 0.1) is 5.92 Å². The Labute approximate surface area is 374 Å². The van der Waals surface area contributed by atoms with Crippen LogP contribution in [0.1, 0.15) is 304 Å². The van der Waals surface area contributed by atoms with Gasteiger partial charge < -0.3 is 14.2 Å². The lowest BCUT2D eigenvalue weighted by Crippen LogP contribution is -2.30. The van der Waals surface area contributed by atoms with Crippen LogP contribution in [0.25, 0.3) is 0 Å². The van der Waals surface area contributed by atoms with Crippen LogP contribution in [0.2, 0.25) is 0 Å². The van der Waals surface area contributed by atoms with Crippen molar-refractivity contribution in [3.63, 3.8) is 0 Å². The summed E-state index contributed by atoms with van der Waals surface area (Å²) in [7, 11) is 0. The summed E-state index contributed by atoms with van der Waals surface area (Å²) < 4.78 is 16.8. The number of carbonyl (C=O) groups is 3. The number of carbonyl (C=O) groups excluding carboxylic acids is 3. The summed E-state index contributed by atoms with van der Waals surface area (Å²) in [6, 6.07) is 0. The number of rotatable bonds is 49. The van der Waals surface area contributed by atoms with Crippen molar-refractivity contribution in [2.75, 3.05) is 13.2 Å². The summed E-state index contributed by atoms with van der Waals surface area (Å²) in [4.78, 5) is 38.0.